The zero-order valence-electron chi connectivity index (χ0n) is 13.0. The first-order valence-electron chi connectivity index (χ1n) is 8.03. The molecule has 0 aromatic heterocycles. The van der Waals surface area contributed by atoms with Gasteiger partial charge in [-0.1, -0.05) is 29.8 Å². The number of carbonyl (C=O) groups is 1. The summed E-state index contributed by atoms with van der Waals surface area (Å²) in [6.45, 7) is 4.24. The maximum Gasteiger partial charge on any atom is 0.309 e. The second-order valence-corrected chi connectivity index (χ2v) is 6.43. The van der Waals surface area contributed by atoms with Crippen molar-refractivity contribution < 1.29 is 9.53 Å². The Morgan fingerprint density at radius 3 is 2.86 bits per heavy atom. The van der Waals surface area contributed by atoms with Gasteiger partial charge in [0.15, 0.2) is 0 Å². The third kappa shape index (κ3) is 3.48. The van der Waals surface area contributed by atoms with Crippen molar-refractivity contribution in [3.05, 3.63) is 35.4 Å². The predicted molar refractivity (Wildman–Crippen MR) is 83.2 cm³/mol. The third-order valence-electron chi connectivity index (χ3n) is 4.68. The van der Waals surface area contributed by atoms with Gasteiger partial charge in [-0.15, -0.1) is 0 Å². The molecule has 0 spiro atoms. The number of benzene rings is 1. The van der Waals surface area contributed by atoms with Crippen molar-refractivity contribution in [1.29, 1.82) is 5.26 Å². The SMILES string of the molecule is Cc1cccc([C@H]2C[C@H]2C(=O)OC2CCN(CC#N)CC2)c1. The number of nitrogens with zero attached hydrogens (tertiary/aromatic N) is 2. The maximum atomic E-state index is 12.3. The third-order valence-corrected chi connectivity index (χ3v) is 4.68. The standard InChI is InChI=1S/C18H22N2O2/c1-13-3-2-4-14(11-13)16-12-17(16)18(21)22-15-5-8-20(9-6-15)10-7-19/h2-4,11,15-17H,5-6,8-10,12H2,1H3/t16-,17-/m1/s1. The van der Waals surface area contributed by atoms with Crippen LogP contribution in [0.15, 0.2) is 24.3 Å². The lowest BCUT2D eigenvalue weighted by Gasteiger charge is -2.29. The summed E-state index contributed by atoms with van der Waals surface area (Å²) in [5.41, 5.74) is 2.49. The highest BCUT2D eigenvalue weighted by Gasteiger charge is 2.45. The molecule has 2 atom stereocenters. The Kier molecular flexibility index (Phi) is 4.44. The van der Waals surface area contributed by atoms with Crippen LogP contribution in [0.5, 0.6) is 0 Å². The Balaban J connectivity index is 1.47. The van der Waals surface area contributed by atoms with Crippen molar-refractivity contribution in [1.82, 2.24) is 4.90 Å². The van der Waals surface area contributed by atoms with Crippen LogP contribution in [0.2, 0.25) is 0 Å². The highest BCUT2D eigenvalue weighted by atomic mass is 16.5. The van der Waals surface area contributed by atoms with E-state index in [1.54, 1.807) is 0 Å². The zero-order valence-corrected chi connectivity index (χ0v) is 13.0. The van der Waals surface area contributed by atoms with Gasteiger partial charge in [0.05, 0.1) is 18.5 Å². The molecule has 3 rings (SSSR count). The summed E-state index contributed by atoms with van der Waals surface area (Å²) in [7, 11) is 0. The number of ether oxygens (including phenoxy) is 1. The van der Waals surface area contributed by atoms with Crippen molar-refractivity contribution in [3.63, 3.8) is 0 Å². The number of esters is 1. The molecule has 4 nitrogen and oxygen atoms in total. The molecule has 0 radical (unpaired) electrons. The highest BCUT2D eigenvalue weighted by Crippen LogP contribution is 2.48. The van der Waals surface area contributed by atoms with E-state index in [-0.39, 0.29) is 18.0 Å². The van der Waals surface area contributed by atoms with Crippen molar-refractivity contribution in [2.24, 2.45) is 5.92 Å². The van der Waals surface area contributed by atoms with E-state index in [0.717, 1.165) is 32.4 Å². The summed E-state index contributed by atoms with van der Waals surface area (Å²) >= 11 is 0. The lowest BCUT2D eigenvalue weighted by atomic mass is 10.1. The number of nitriles is 1. The second kappa shape index (κ2) is 6.50. The molecule has 1 aliphatic heterocycles. The van der Waals surface area contributed by atoms with Crippen LogP contribution in [-0.4, -0.2) is 36.6 Å². The van der Waals surface area contributed by atoms with E-state index in [4.69, 9.17) is 10.00 Å². The van der Waals surface area contributed by atoms with E-state index in [2.05, 4.69) is 42.2 Å². The number of hydrogen-bond donors (Lipinski definition) is 0. The molecule has 0 amide bonds. The summed E-state index contributed by atoms with van der Waals surface area (Å²) in [5, 5.41) is 8.69. The maximum absolute atomic E-state index is 12.3. The Morgan fingerprint density at radius 2 is 2.18 bits per heavy atom. The van der Waals surface area contributed by atoms with Crippen molar-refractivity contribution in [2.45, 2.75) is 38.2 Å². The largest absolute Gasteiger partial charge is 0.462 e. The Morgan fingerprint density at radius 1 is 1.41 bits per heavy atom. The lowest BCUT2D eigenvalue weighted by Crippen LogP contribution is -2.38. The fourth-order valence-electron chi connectivity index (χ4n) is 3.26. The van der Waals surface area contributed by atoms with Gasteiger partial charge in [-0.2, -0.15) is 5.26 Å². The van der Waals surface area contributed by atoms with Gasteiger partial charge < -0.3 is 4.74 Å². The molecule has 1 saturated carbocycles. The van der Waals surface area contributed by atoms with Gasteiger partial charge in [0.2, 0.25) is 0 Å². The summed E-state index contributed by atoms with van der Waals surface area (Å²) in [4.78, 5) is 14.4. The van der Waals surface area contributed by atoms with E-state index in [1.807, 2.05) is 0 Å². The smallest absolute Gasteiger partial charge is 0.309 e. The molecule has 2 aliphatic rings. The summed E-state index contributed by atoms with van der Waals surface area (Å²) in [6, 6.07) is 10.6. The number of aryl methyl sites for hydroxylation is 1. The average molecular weight is 298 g/mol. The predicted octanol–water partition coefficient (Wildman–Crippen LogP) is 2.63. The molecule has 1 aromatic carbocycles. The van der Waals surface area contributed by atoms with Crippen LogP contribution in [0.4, 0.5) is 0 Å². The molecule has 1 aliphatic carbocycles. The topological polar surface area (TPSA) is 53.3 Å². The van der Waals surface area contributed by atoms with E-state index in [9.17, 15) is 4.79 Å². The van der Waals surface area contributed by atoms with Crippen LogP contribution in [-0.2, 0) is 9.53 Å². The fraction of sp³-hybridized carbons (Fsp3) is 0.556. The van der Waals surface area contributed by atoms with Gasteiger partial charge in [-0.25, -0.2) is 0 Å². The van der Waals surface area contributed by atoms with E-state index >= 15 is 0 Å². The molecule has 0 bridgehead atoms. The van der Waals surface area contributed by atoms with Gasteiger partial charge in [-0.3, -0.25) is 9.69 Å². The number of rotatable bonds is 4. The van der Waals surface area contributed by atoms with Gasteiger partial charge in [0, 0.05) is 13.1 Å². The van der Waals surface area contributed by atoms with Crippen LogP contribution >= 0.6 is 0 Å². The molecule has 22 heavy (non-hydrogen) atoms. The Labute approximate surface area is 131 Å². The molecule has 1 saturated heterocycles. The van der Waals surface area contributed by atoms with Gasteiger partial charge in [0.1, 0.15) is 6.10 Å². The van der Waals surface area contributed by atoms with Gasteiger partial charge in [-0.05, 0) is 37.7 Å². The molecule has 0 N–H and O–H groups in total. The summed E-state index contributed by atoms with van der Waals surface area (Å²) in [5.74, 6) is 0.343. The van der Waals surface area contributed by atoms with Gasteiger partial charge in [0.25, 0.3) is 0 Å². The minimum absolute atomic E-state index is 0.0289. The first-order chi connectivity index (χ1) is 10.7. The number of likely N-dealkylation sites (tertiary alicyclic amines) is 1. The van der Waals surface area contributed by atoms with Gasteiger partial charge >= 0.3 is 5.97 Å². The van der Waals surface area contributed by atoms with Crippen LogP contribution < -0.4 is 0 Å². The van der Waals surface area contributed by atoms with Crippen molar-refractivity contribution >= 4 is 5.97 Å². The zero-order chi connectivity index (χ0) is 15.5. The quantitative estimate of drug-likeness (QED) is 0.633. The van der Waals surface area contributed by atoms with E-state index < -0.39 is 0 Å². The molecular weight excluding hydrogens is 276 g/mol. The van der Waals surface area contributed by atoms with E-state index in [1.165, 1.54) is 11.1 Å². The number of piperidine rings is 1. The lowest BCUT2D eigenvalue weighted by molar-refractivity contribution is -0.152. The van der Waals surface area contributed by atoms with Crippen LogP contribution in [0.3, 0.4) is 0 Å². The molecule has 1 heterocycles. The van der Waals surface area contributed by atoms with Crippen molar-refractivity contribution in [3.8, 4) is 6.07 Å². The molecule has 4 heteroatoms. The first kappa shape index (κ1) is 15.1. The molecule has 2 fully saturated rings. The normalized spacial score (nSPS) is 25.5. The molecule has 0 unspecified atom stereocenters. The monoisotopic (exact) mass is 298 g/mol. The number of carbonyl (C=O) groups excluding carboxylic acids is 1. The number of hydrogen-bond acceptors (Lipinski definition) is 4. The van der Waals surface area contributed by atoms with Crippen molar-refractivity contribution in [2.75, 3.05) is 19.6 Å². The van der Waals surface area contributed by atoms with Crippen LogP contribution in [0, 0.1) is 24.2 Å². The van der Waals surface area contributed by atoms with E-state index in [0.29, 0.717) is 12.5 Å². The molecule has 1 aromatic rings. The summed E-state index contributed by atoms with van der Waals surface area (Å²) in [6.07, 6.45) is 2.63. The Bertz CT molecular complexity index is 585. The van der Waals surface area contributed by atoms with Crippen LogP contribution in [0.1, 0.15) is 36.3 Å². The highest BCUT2D eigenvalue weighted by molar-refractivity contribution is 5.77. The second-order valence-electron chi connectivity index (χ2n) is 6.43. The minimum Gasteiger partial charge on any atom is -0.462 e. The molecular formula is C18H22N2O2. The molecule has 116 valence electrons. The average Bonchev–Trinajstić information content (AvgIpc) is 3.30. The first-order valence-corrected chi connectivity index (χ1v) is 8.03. The fourth-order valence-corrected chi connectivity index (χ4v) is 3.26. The van der Waals surface area contributed by atoms with Crippen LogP contribution in [0.25, 0.3) is 0 Å². The Hall–Kier alpha value is -1.86. The summed E-state index contributed by atoms with van der Waals surface area (Å²) < 4.78 is 5.68. The minimum atomic E-state index is -0.0368.